The van der Waals surface area contributed by atoms with Crippen LogP contribution in [0.1, 0.15) is 71.5 Å². The Bertz CT molecular complexity index is 426. The molecule has 1 aromatic heterocycles. The van der Waals surface area contributed by atoms with E-state index in [1.54, 1.807) is 0 Å². The molecule has 1 heterocycles. The molecule has 1 atom stereocenters. The third kappa shape index (κ3) is 5.90. The largest absolute Gasteiger partial charge is 0.474 e. The van der Waals surface area contributed by atoms with Crippen molar-refractivity contribution in [2.24, 2.45) is 0 Å². The lowest BCUT2D eigenvalue weighted by molar-refractivity contribution is 0.197. The van der Waals surface area contributed by atoms with Gasteiger partial charge in [-0.05, 0) is 19.8 Å². The number of nitrogens with one attached hydrogen (secondary N) is 1. The Morgan fingerprint density at radius 1 is 1.26 bits per heavy atom. The number of hydrogen-bond donors (Lipinski definition) is 1. The molecule has 0 amide bonds. The minimum atomic E-state index is -0.146. The molecule has 1 aromatic rings. The summed E-state index contributed by atoms with van der Waals surface area (Å²) in [6.45, 7) is 8.23. The summed E-state index contributed by atoms with van der Waals surface area (Å²) in [4.78, 5) is 18.6. The van der Waals surface area contributed by atoms with E-state index in [9.17, 15) is 4.79 Å². The van der Waals surface area contributed by atoms with Gasteiger partial charge in [-0.25, -0.2) is 0 Å². The van der Waals surface area contributed by atoms with E-state index in [1.807, 2.05) is 20.8 Å². The molecule has 4 heteroatoms. The highest BCUT2D eigenvalue weighted by molar-refractivity contribution is 5.10. The Morgan fingerprint density at radius 2 is 2.00 bits per heavy atom. The molecular formula is C15H26N2O2. The number of ether oxygens (including phenoxy) is 1. The summed E-state index contributed by atoms with van der Waals surface area (Å²) in [6, 6.07) is 1.43. The van der Waals surface area contributed by atoms with Gasteiger partial charge in [-0.2, -0.15) is 4.98 Å². The summed E-state index contributed by atoms with van der Waals surface area (Å²) in [6.07, 6.45) is 6.02. The zero-order chi connectivity index (χ0) is 14.3. The fourth-order valence-electron chi connectivity index (χ4n) is 1.91. The minimum absolute atomic E-state index is 0.103. The lowest BCUT2D eigenvalue weighted by Gasteiger charge is -2.14. The number of H-pyrrole nitrogens is 1. The van der Waals surface area contributed by atoms with E-state index in [4.69, 9.17) is 4.74 Å². The molecule has 1 rings (SSSR count). The van der Waals surface area contributed by atoms with Gasteiger partial charge < -0.3 is 9.72 Å². The molecule has 0 aliphatic rings. The highest BCUT2D eigenvalue weighted by Gasteiger charge is 2.09. The van der Waals surface area contributed by atoms with E-state index in [2.05, 4.69) is 16.9 Å². The van der Waals surface area contributed by atoms with Gasteiger partial charge >= 0.3 is 0 Å². The molecule has 19 heavy (non-hydrogen) atoms. The van der Waals surface area contributed by atoms with Crippen molar-refractivity contribution in [3.63, 3.8) is 0 Å². The van der Waals surface area contributed by atoms with Gasteiger partial charge in [0.05, 0.1) is 12.2 Å². The zero-order valence-electron chi connectivity index (χ0n) is 12.5. The highest BCUT2D eigenvalue weighted by Crippen LogP contribution is 2.14. The van der Waals surface area contributed by atoms with Crippen molar-refractivity contribution in [2.75, 3.05) is 0 Å². The summed E-state index contributed by atoms with van der Waals surface area (Å²) < 4.78 is 5.74. The first-order valence-corrected chi connectivity index (χ1v) is 7.30. The lowest BCUT2D eigenvalue weighted by Crippen LogP contribution is -2.17. The van der Waals surface area contributed by atoms with Crippen molar-refractivity contribution >= 4 is 0 Å². The van der Waals surface area contributed by atoms with Crippen molar-refractivity contribution in [3.05, 3.63) is 22.2 Å². The molecule has 0 spiro atoms. The van der Waals surface area contributed by atoms with Crippen LogP contribution in [0.15, 0.2) is 10.9 Å². The average molecular weight is 266 g/mol. The summed E-state index contributed by atoms with van der Waals surface area (Å²) >= 11 is 0. The second-order valence-corrected chi connectivity index (χ2v) is 5.40. The topological polar surface area (TPSA) is 55.0 Å². The normalized spacial score (nSPS) is 12.7. The fraction of sp³-hybridized carbons (Fsp3) is 0.733. The molecule has 0 aliphatic heterocycles. The van der Waals surface area contributed by atoms with Crippen LogP contribution in [0.4, 0.5) is 0 Å². The van der Waals surface area contributed by atoms with Gasteiger partial charge in [-0.1, -0.05) is 40.0 Å². The maximum Gasteiger partial charge on any atom is 0.254 e. The highest BCUT2D eigenvalue weighted by atomic mass is 16.5. The quantitative estimate of drug-likeness (QED) is 0.731. The molecule has 1 N–H and O–H groups in total. The molecule has 0 aromatic carbocycles. The van der Waals surface area contributed by atoms with Crippen LogP contribution in [0.5, 0.6) is 5.88 Å². The molecule has 0 radical (unpaired) electrons. The molecule has 0 fully saturated rings. The van der Waals surface area contributed by atoms with E-state index in [0.29, 0.717) is 11.7 Å². The molecular weight excluding hydrogens is 240 g/mol. The monoisotopic (exact) mass is 266 g/mol. The second kappa shape index (κ2) is 7.97. The van der Waals surface area contributed by atoms with Gasteiger partial charge in [0.2, 0.25) is 5.88 Å². The smallest absolute Gasteiger partial charge is 0.254 e. The van der Waals surface area contributed by atoms with Crippen LogP contribution in [0.3, 0.4) is 0 Å². The average Bonchev–Trinajstić information content (AvgIpc) is 2.34. The summed E-state index contributed by atoms with van der Waals surface area (Å²) in [5.41, 5.74) is -0.146. The van der Waals surface area contributed by atoms with E-state index in [1.165, 1.54) is 25.3 Å². The first-order chi connectivity index (χ1) is 9.02. The summed E-state index contributed by atoms with van der Waals surface area (Å²) in [5.74, 6) is 1.31. The number of nitrogens with zero attached hydrogens (tertiary/aromatic N) is 1. The predicted octanol–water partition coefficient (Wildman–Crippen LogP) is 3.63. The molecule has 4 nitrogen and oxygen atoms in total. The van der Waals surface area contributed by atoms with Crippen molar-refractivity contribution < 1.29 is 4.74 Å². The van der Waals surface area contributed by atoms with Gasteiger partial charge in [0.1, 0.15) is 5.82 Å². The first kappa shape index (κ1) is 15.7. The maximum absolute atomic E-state index is 11.5. The van der Waals surface area contributed by atoms with Crippen LogP contribution in [-0.2, 0) is 0 Å². The summed E-state index contributed by atoms with van der Waals surface area (Å²) in [7, 11) is 0. The number of aromatic amines is 1. The van der Waals surface area contributed by atoms with Gasteiger partial charge in [-0.15, -0.1) is 0 Å². The predicted molar refractivity (Wildman–Crippen MR) is 77.8 cm³/mol. The number of hydrogen-bond acceptors (Lipinski definition) is 3. The molecule has 0 aliphatic carbocycles. The van der Waals surface area contributed by atoms with E-state index >= 15 is 0 Å². The van der Waals surface area contributed by atoms with Gasteiger partial charge in [-0.3, -0.25) is 4.79 Å². The third-order valence-corrected chi connectivity index (χ3v) is 3.07. The molecule has 1 unspecified atom stereocenters. The maximum atomic E-state index is 11.5. The standard InChI is InChI=1S/C15H26N2O2/c1-5-6-7-8-9-12(4)19-14-10-13(18)16-15(17-14)11(2)3/h10-12H,5-9H2,1-4H3,(H,16,17,18). The Labute approximate surface area is 115 Å². The SMILES string of the molecule is CCCCCCC(C)Oc1cc(=O)[nH]c(C(C)C)n1. The Balaban J connectivity index is 2.54. The van der Waals surface area contributed by atoms with Crippen molar-refractivity contribution in [1.82, 2.24) is 9.97 Å². The van der Waals surface area contributed by atoms with E-state index in [-0.39, 0.29) is 17.6 Å². The molecule has 0 saturated heterocycles. The second-order valence-electron chi connectivity index (χ2n) is 5.40. The number of rotatable bonds is 8. The van der Waals surface area contributed by atoms with Crippen LogP contribution in [0.2, 0.25) is 0 Å². The van der Waals surface area contributed by atoms with Crippen LogP contribution in [-0.4, -0.2) is 16.1 Å². The lowest BCUT2D eigenvalue weighted by atomic mass is 10.1. The fourth-order valence-corrected chi connectivity index (χ4v) is 1.91. The van der Waals surface area contributed by atoms with Gasteiger partial charge in [0.15, 0.2) is 0 Å². The van der Waals surface area contributed by atoms with E-state index < -0.39 is 0 Å². The minimum Gasteiger partial charge on any atom is -0.474 e. The Kier molecular flexibility index (Phi) is 6.60. The van der Waals surface area contributed by atoms with Crippen molar-refractivity contribution in [1.29, 1.82) is 0 Å². The van der Waals surface area contributed by atoms with Gasteiger partial charge in [0, 0.05) is 5.92 Å². The van der Waals surface area contributed by atoms with Crippen LogP contribution < -0.4 is 10.3 Å². The van der Waals surface area contributed by atoms with Crippen molar-refractivity contribution in [2.45, 2.75) is 71.8 Å². The van der Waals surface area contributed by atoms with Crippen LogP contribution >= 0.6 is 0 Å². The molecule has 108 valence electrons. The van der Waals surface area contributed by atoms with Crippen LogP contribution in [0, 0.1) is 0 Å². The van der Waals surface area contributed by atoms with Crippen LogP contribution in [0.25, 0.3) is 0 Å². The Morgan fingerprint density at radius 3 is 2.63 bits per heavy atom. The number of aromatic nitrogens is 2. The zero-order valence-corrected chi connectivity index (χ0v) is 12.5. The molecule has 0 bridgehead atoms. The first-order valence-electron chi connectivity index (χ1n) is 7.30. The summed E-state index contributed by atoms with van der Waals surface area (Å²) in [5, 5.41) is 0. The number of unbranched alkanes of at least 4 members (excludes halogenated alkanes) is 3. The van der Waals surface area contributed by atoms with Gasteiger partial charge in [0.25, 0.3) is 5.56 Å². The van der Waals surface area contributed by atoms with Crippen molar-refractivity contribution in [3.8, 4) is 5.88 Å². The Hall–Kier alpha value is -1.32. The van der Waals surface area contributed by atoms with E-state index in [0.717, 1.165) is 12.8 Å². The molecule has 0 saturated carbocycles. The third-order valence-electron chi connectivity index (χ3n) is 3.07.